The first-order valence-electron chi connectivity index (χ1n) is 3.67. The number of aliphatic hydroxyl groups is 1. The molecule has 64 valence electrons. The molecule has 0 bridgehead atoms. The Balaban J connectivity index is 3.66. The molecule has 11 heavy (non-hydrogen) atoms. The van der Waals surface area contributed by atoms with E-state index in [0.717, 1.165) is 6.42 Å². The lowest BCUT2D eigenvalue weighted by molar-refractivity contribution is -0.133. The molecule has 0 aromatic carbocycles. The molecule has 2 N–H and O–H groups in total. The Hall–Kier alpha value is -0.830. The van der Waals surface area contributed by atoms with Gasteiger partial charge in [-0.1, -0.05) is 19.9 Å². The first-order chi connectivity index (χ1) is 5.07. The van der Waals surface area contributed by atoms with Crippen molar-refractivity contribution in [1.82, 2.24) is 0 Å². The Bertz CT molecular complexity index is 151. The molecule has 0 aliphatic heterocycles. The second-order valence-electron chi connectivity index (χ2n) is 2.56. The van der Waals surface area contributed by atoms with Gasteiger partial charge in [0.1, 0.15) is 0 Å². The average Bonchev–Trinajstić information content (AvgIpc) is 1.87. The molecule has 0 saturated heterocycles. The molecular weight excluding hydrogens is 144 g/mol. The SMILES string of the molecule is C=C(CC(O)CCC)C(=O)O. The minimum absolute atomic E-state index is 0.0750. The van der Waals surface area contributed by atoms with E-state index in [1.165, 1.54) is 0 Å². The molecule has 0 rings (SSSR count). The van der Waals surface area contributed by atoms with Crippen molar-refractivity contribution in [3.8, 4) is 0 Å². The smallest absolute Gasteiger partial charge is 0.331 e. The van der Waals surface area contributed by atoms with E-state index in [1.54, 1.807) is 0 Å². The van der Waals surface area contributed by atoms with E-state index >= 15 is 0 Å². The van der Waals surface area contributed by atoms with Crippen LogP contribution < -0.4 is 0 Å². The molecule has 0 amide bonds. The summed E-state index contributed by atoms with van der Waals surface area (Å²) in [6.45, 7) is 5.25. The monoisotopic (exact) mass is 158 g/mol. The summed E-state index contributed by atoms with van der Waals surface area (Å²) in [7, 11) is 0. The highest BCUT2D eigenvalue weighted by molar-refractivity contribution is 5.85. The lowest BCUT2D eigenvalue weighted by Gasteiger charge is -2.07. The summed E-state index contributed by atoms with van der Waals surface area (Å²) in [4.78, 5) is 10.2. The van der Waals surface area contributed by atoms with Gasteiger partial charge in [-0.15, -0.1) is 0 Å². The van der Waals surface area contributed by atoms with Gasteiger partial charge in [0.25, 0.3) is 0 Å². The Kier molecular flexibility index (Phi) is 4.54. The zero-order valence-corrected chi connectivity index (χ0v) is 6.71. The molecule has 0 aliphatic carbocycles. The van der Waals surface area contributed by atoms with Gasteiger partial charge in [0.15, 0.2) is 0 Å². The third kappa shape index (κ3) is 4.56. The molecule has 0 radical (unpaired) electrons. The van der Waals surface area contributed by atoms with Crippen molar-refractivity contribution >= 4 is 5.97 Å². The van der Waals surface area contributed by atoms with Gasteiger partial charge < -0.3 is 10.2 Å². The Morgan fingerprint density at radius 2 is 2.18 bits per heavy atom. The molecular formula is C8H14O3. The summed E-state index contributed by atoms with van der Waals surface area (Å²) in [5.74, 6) is -1.03. The third-order valence-corrected chi connectivity index (χ3v) is 1.41. The predicted octanol–water partition coefficient (Wildman–Crippen LogP) is 1.18. The van der Waals surface area contributed by atoms with Gasteiger partial charge in [-0.2, -0.15) is 0 Å². The largest absolute Gasteiger partial charge is 0.478 e. The molecule has 1 unspecified atom stereocenters. The van der Waals surface area contributed by atoms with Crippen molar-refractivity contribution < 1.29 is 15.0 Å². The van der Waals surface area contributed by atoms with Crippen LogP contribution in [0.2, 0.25) is 0 Å². The predicted molar refractivity (Wildman–Crippen MR) is 42.3 cm³/mol. The van der Waals surface area contributed by atoms with Gasteiger partial charge in [0.2, 0.25) is 0 Å². The summed E-state index contributed by atoms with van der Waals surface area (Å²) in [6.07, 6.45) is 1.10. The van der Waals surface area contributed by atoms with E-state index in [1.807, 2.05) is 6.92 Å². The molecule has 0 saturated carbocycles. The van der Waals surface area contributed by atoms with Crippen LogP contribution in [0.3, 0.4) is 0 Å². The molecule has 0 aliphatic rings. The number of aliphatic hydroxyl groups excluding tert-OH is 1. The number of rotatable bonds is 5. The first kappa shape index (κ1) is 10.2. The topological polar surface area (TPSA) is 57.5 Å². The number of hydrogen-bond donors (Lipinski definition) is 2. The molecule has 3 heteroatoms. The average molecular weight is 158 g/mol. The van der Waals surface area contributed by atoms with Gasteiger partial charge in [0, 0.05) is 12.0 Å². The van der Waals surface area contributed by atoms with Crippen molar-refractivity contribution in [3.05, 3.63) is 12.2 Å². The van der Waals surface area contributed by atoms with Crippen LogP contribution in [-0.2, 0) is 4.79 Å². The summed E-state index contributed by atoms with van der Waals surface area (Å²) >= 11 is 0. The van der Waals surface area contributed by atoms with Crippen LogP contribution in [0, 0.1) is 0 Å². The summed E-state index contributed by atoms with van der Waals surface area (Å²) in [5.41, 5.74) is 0.0750. The maximum absolute atomic E-state index is 10.2. The second-order valence-corrected chi connectivity index (χ2v) is 2.56. The Morgan fingerprint density at radius 3 is 2.55 bits per heavy atom. The van der Waals surface area contributed by atoms with Crippen LogP contribution in [0.5, 0.6) is 0 Å². The quantitative estimate of drug-likeness (QED) is 0.590. The molecule has 0 heterocycles. The van der Waals surface area contributed by atoms with Crippen molar-refractivity contribution in [2.24, 2.45) is 0 Å². The maximum atomic E-state index is 10.2. The molecule has 1 atom stereocenters. The minimum Gasteiger partial charge on any atom is -0.478 e. The first-order valence-corrected chi connectivity index (χ1v) is 3.67. The summed E-state index contributed by atoms with van der Waals surface area (Å²) in [5, 5.41) is 17.5. The van der Waals surface area contributed by atoms with Gasteiger partial charge in [-0.3, -0.25) is 0 Å². The highest BCUT2D eigenvalue weighted by Gasteiger charge is 2.09. The highest BCUT2D eigenvalue weighted by Crippen LogP contribution is 2.07. The minimum atomic E-state index is -1.03. The second kappa shape index (κ2) is 4.91. The van der Waals surface area contributed by atoms with E-state index in [4.69, 9.17) is 10.2 Å². The van der Waals surface area contributed by atoms with E-state index in [2.05, 4.69) is 6.58 Å². The van der Waals surface area contributed by atoms with E-state index < -0.39 is 12.1 Å². The summed E-state index contributed by atoms with van der Waals surface area (Å²) in [6, 6.07) is 0. The lowest BCUT2D eigenvalue weighted by Crippen LogP contribution is -2.11. The van der Waals surface area contributed by atoms with Gasteiger partial charge >= 0.3 is 5.97 Å². The zero-order valence-electron chi connectivity index (χ0n) is 6.71. The molecule has 0 fully saturated rings. The normalized spacial score (nSPS) is 12.5. The third-order valence-electron chi connectivity index (χ3n) is 1.41. The fraction of sp³-hybridized carbons (Fsp3) is 0.625. The van der Waals surface area contributed by atoms with Crippen LogP contribution in [0.25, 0.3) is 0 Å². The zero-order chi connectivity index (χ0) is 8.85. The van der Waals surface area contributed by atoms with Crippen molar-refractivity contribution in [2.75, 3.05) is 0 Å². The standard InChI is InChI=1S/C8H14O3/c1-3-4-7(9)5-6(2)8(10)11/h7,9H,2-5H2,1H3,(H,10,11). The number of hydrogen-bond acceptors (Lipinski definition) is 2. The van der Waals surface area contributed by atoms with Crippen molar-refractivity contribution in [2.45, 2.75) is 32.3 Å². The van der Waals surface area contributed by atoms with Crippen LogP contribution in [0.4, 0.5) is 0 Å². The molecule has 0 spiro atoms. The van der Waals surface area contributed by atoms with Crippen molar-refractivity contribution in [1.29, 1.82) is 0 Å². The molecule has 3 nitrogen and oxygen atoms in total. The van der Waals surface area contributed by atoms with Crippen LogP contribution in [0.15, 0.2) is 12.2 Å². The number of aliphatic carboxylic acids is 1. The molecule has 0 aromatic rings. The van der Waals surface area contributed by atoms with Crippen LogP contribution >= 0.6 is 0 Å². The number of carbonyl (C=O) groups is 1. The fourth-order valence-electron chi connectivity index (χ4n) is 0.807. The van der Waals surface area contributed by atoms with Crippen LogP contribution in [0.1, 0.15) is 26.2 Å². The van der Waals surface area contributed by atoms with Gasteiger partial charge in [-0.05, 0) is 6.42 Å². The summed E-state index contributed by atoms with van der Waals surface area (Å²) < 4.78 is 0. The number of carboxylic acids is 1. The Labute approximate surface area is 66.4 Å². The maximum Gasteiger partial charge on any atom is 0.331 e. The lowest BCUT2D eigenvalue weighted by atomic mass is 10.1. The van der Waals surface area contributed by atoms with E-state index in [9.17, 15) is 4.79 Å². The fourth-order valence-corrected chi connectivity index (χ4v) is 0.807. The Morgan fingerprint density at radius 1 is 1.64 bits per heavy atom. The highest BCUT2D eigenvalue weighted by atomic mass is 16.4. The number of carboxylic acid groups (broad SMARTS) is 1. The molecule has 0 aromatic heterocycles. The van der Waals surface area contributed by atoms with Crippen LogP contribution in [-0.4, -0.2) is 22.3 Å². The van der Waals surface area contributed by atoms with E-state index in [-0.39, 0.29) is 12.0 Å². The van der Waals surface area contributed by atoms with Gasteiger partial charge in [0.05, 0.1) is 6.10 Å². The van der Waals surface area contributed by atoms with Crippen molar-refractivity contribution in [3.63, 3.8) is 0 Å². The van der Waals surface area contributed by atoms with E-state index in [0.29, 0.717) is 6.42 Å². The van der Waals surface area contributed by atoms with Gasteiger partial charge in [-0.25, -0.2) is 4.79 Å².